The van der Waals surface area contributed by atoms with Crippen molar-refractivity contribution >= 4 is 17.9 Å². The van der Waals surface area contributed by atoms with E-state index in [0.717, 1.165) is 12.8 Å². The van der Waals surface area contributed by atoms with Gasteiger partial charge in [0.1, 0.15) is 11.9 Å². The first kappa shape index (κ1) is 30.7. The van der Waals surface area contributed by atoms with E-state index in [1.807, 2.05) is 0 Å². The first-order valence-corrected chi connectivity index (χ1v) is 15.5. The van der Waals surface area contributed by atoms with Crippen molar-refractivity contribution in [3.8, 4) is 0 Å². The highest BCUT2D eigenvalue weighted by Crippen LogP contribution is 2.72. The number of aliphatic hydroxyl groups is 1. The van der Waals surface area contributed by atoms with Crippen LogP contribution >= 0.6 is 0 Å². The van der Waals surface area contributed by atoms with Gasteiger partial charge in [0.05, 0.1) is 6.10 Å². The number of rotatable bonds is 4. The molecule has 0 radical (unpaired) electrons. The lowest BCUT2D eigenvalue weighted by Gasteiger charge is -2.62. The van der Waals surface area contributed by atoms with Gasteiger partial charge in [0, 0.05) is 40.9 Å². The number of carbonyl (C=O) groups excluding carboxylic acids is 3. The molecule has 0 spiro atoms. The van der Waals surface area contributed by atoms with Crippen molar-refractivity contribution in [1.82, 2.24) is 0 Å². The number of halogens is 3. The van der Waals surface area contributed by atoms with Crippen LogP contribution in [0.15, 0.2) is 23.6 Å². The summed E-state index contributed by atoms with van der Waals surface area (Å²) in [5.41, 5.74) is -7.86. The highest BCUT2D eigenvalue weighted by atomic mass is 19.1. The fourth-order valence-corrected chi connectivity index (χ4v) is 10.9. The molecule has 0 aromatic heterocycles. The number of carbonyl (C=O) groups is 3. The number of allylic oxidation sites excluding steroid dienone is 4. The molecule has 4 saturated carbocycles. The zero-order chi connectivity index (χ0) is 31.5. The van der Waals surface area contributed by atoms with Gasteiger partial charge in [-0.1, -0.05) is 40.7 Å². The molecule has 0 aromatic carbocycles. The van der Waals surface area contributed by atoms with Gasteiger partial charge in [-0.3, -0.25) is 4.79 Å². The summed E-state index contributed by atoms with van der Waals surface area (Å²) in [7, 11) is 0. The Labute approximate surface area is 250 Å². The minimum Gasteiger partial charge on any atom is -0.431 e. The van der Waals surface area contributed by atoms with Gasteiger partial charge in [-0.15, -0.1) is 0 Å². The Kier molecular flexibility index (Phi) is 6.65. The van der Waals surface area contributed by atoms with Gasteiger partial charge >= 0.3 is 12.1 Å². The van der Waals surface area contributed by atoms with E-state index in [0.29, 0.717) is 12.3 Å². The van der Waals surface area contributed by atoms with Crippen molar-refractivity contribution in [2.75, 3.05) is 6.86 Å². The van der Waals surface area contributed by atoms with E-state index in [9.17, 15) is 23.9 Å². The van der Waals surface area contributed by atoms with E-state index in [4.69, 9.17) is 14.2 Å². The molecular weight excluding hydrogens is 565 g/mol. The largest absolute Gasteiger partial charge is 0.509 e. The van der Waals surface area contributed by atoms with Crippen LogP contribution in [0, 0.1) is 45.3 Å². The number of ether oxygens (including phenoxy) is 3. The van der Waals surface area contributed by atoms with Gasteiger partial charge in [-0.2, -0.15) is 0 Å². The molecule has 43 heavy (non-hydrogen) atoms. The maximum atomic E-state index is 17.6. The van der Waals surface area contributed by atoms with Crippen LogP contribution in [0.4, 0.5) is 18.0 Å². The zero-order valence-electron chi connectivity index (χ0n) is 25.8. The summed E-state index contributed by atoms with van der Waals surface area (Å²) in [4.78, 5) is 39.5. The van der Waals surface area contributed by atoms with Gasteiger partial charge in [0.25, 0.3) is 0 Å². The maximum absolute atomic E-state index is 17.6. The third-order valence-electron chi connectivity index (χ3n) is 13.9. The number of aliphatic hydroxyl groups excluding tert-OH is 1. The van der Waals surface area contributed by atoms with Crippen LogP contribution in [-0.4, -0.2) is 53.4 Å². The number of hydrogen-bond donors (Lipinski definition) is 1. The molecular formula is C33H43F3O7. The molecule has 7 nitrogen and oxygen atoms in total. The van der Waals surface area contributed by atoms with Crippen LogP contribution in [0.25, 0.3) is 0 Å². The first-order valence-electron chi connectivity index (χ1n) is 15.5. The lowest BCUT2D eigenvalue weighted by Crippen LogP contribution is -2.70. The quantitative estimate of drug-likeness (QED) is 0.365. The SMILES string of the molecule is C[C@@H]1C[C@H]2[C@@H]3CC(F)=C4CC(=O)C=C[C@]4(C)[C@@]3(F)[C@@H](O)C[C@]2(C)[C@@]1(OC(=O)O[C@@H]1C[C@H]2CC[C@]1(C)C2(C)C)C(=O)OCF. The van der Waals surface area contributed by atoms with Crippen molar-refractivity contribution < 1.29 is 46.9 Å². The van der Waals surface area contributed by atoms with Crippen molar-refractivity contribution in [1.29, 1.82) is 0 Å². The molecule has 6 rings (SSSR count). The summed E-state index contributed by atoms with van der Waals surface area (Å²) in [6.07, 6.45) is 1.00. The van der Waals surface area contributed by atoms with Gasteiger partial charge in [-0.05, 0) is 67.9 Å². The molecule has 4 fully saturated rings. The second kappa shape index (κ2) is 9.33. The summed E-state index contributed by atoms with van der Waals surface area (Å²) >= 11 is 0. The summed E-state index contributed by atoms with van der Waals surface area (Å²) < 4.78 is 63.7. The van der Waals surface area contributed by atoms with Crippen LogP contribution < -0.4 is 0 Å². The van der Waals surface area contributed by atoms with E-state index in [-0.39, 0.29) is 47.9 Å². The topological polar surface area (TPSA) is 99.1 Å². The summed E-state index contributed by atoms with van der Waals surface area (Å²) in [5.74, 6) is -4.40. The lowest BCUT2D eigenvalue weighted by molar-refractivity contribution is -0.231. The fourth-order valence-electron chi connectivity index (χ4n) is 10.9. The molecule has 11 atom stereocenters. The average Bonchev–Trinajstić information content (AvgIpc) is 3.36. The number of hydrogen-bond acceptors (Lipinski definition) is 7. The van der Waals surface area contributed by atoms with E-state index in [1.165, 1.54) is 19.1 Å². The van der Waals surface area contributed by atoms with Crippen molar-refractivity contribution in [3.63, 3.8) is 0 Å². The Morgan fingerprint density at radius 2 is 1.79 bits per heavy atom. The number of ketones is 1. The molecule has 0 aromatic rings. The molecule has 0 heterocycles. The number of fused-ring (bicyclic) bond motifs is 7. The molecule has 238 valence electrons. The Hall–Kier alpha value is -2.36. The van der Waals surface area contributed by atoms with Crippen LogP contribution in [-0.2, 0) is 23.8 Å². The molecule has 0 amide bonds. The van der Waals surface area contributed by atoms with Crippen molar-refractivity contribution in [3.05, 3.63) is 23.6 Å². The number of esters is 1. The standard InChI is InChI=1S/C33H43F3O7/c1-17-11-20-21-14-23(35)22-13-19(37)8-10-29(22,4)32(21,36)24(38)15-31(20,6)33(17,26(39)41-16-34)43-27(40)42-25-12-18-7-9-30(25,5)28(18,2)3/h8,10,17-18,20-21,24-25,38H,7,9,11-16H2,1-6H3/t17-,18-,20+,21+,24+,25-,29+,30+,31+,32+,33+/m1/s1. The molecule has 10 heteroatoms. The Bertz CT molecular complexity index is 1330. The van der Waals surface area contributed by atoms with E-state index < -0.39 is 76.9 Å². The lowest BCUT2D eigenvalue weighted by atomic mass is 9.45. The van der Waals surface area contributed by atoms with Crippen LogP contribution in [0.2, 0.25) is 0 Å². The maximum Gasteiger partial charge on any atom is 0.509 e. The molecule has 6 aliphatic rings. The first-order chi connectivity index (χ1) is 19.9. The predicted octanol–water partition coefficient (Wildman–Crippen LogP) is 6.48. The van der Waals surface area contributed by atoms with Crippen LogP contribution in [0.3, 0.4) is 0 Å². The minimum absolute atomic E-state index is 0.0256. The number of alkyl halides is 2. The molecule has 0 aliphatic heterocycles. The van der Waals surface area contributed by atoms with E-state index in [1.54, 1.807) is 13.8 Å². The smallest absolute Gasteiger partial charge is 0.431 e. The van der Waals surface area contributed by atoms with E-state index >= 15 is 8.78 Å². The Balaban J connectivity index is 1.38. The molecule has 6 aliphatic carbocycles. The van der Waals surface area contributed by atoms with Crippen LogP contribution in [0.5, 0.6) is 0 Å². The zero-order valence-corrected chi connectivity index (χ0v) is 25.8. The van der Waals surface area contributed by atoms with Gasteiger partial charge in [0.2, 0.25) is 12.5 Å². The summed E-state index contributed by atoms with van der Waals surface area (Å²) in [6.45, 7) is 9.70. The van der Waals surface area contributed by atoms with E-state index in [2.05, 4.69) is 20.8 Å². The second-order valence-electron chi connectivity index (χ2n) is 15.4. The Morgan fingerprint density at radius 1 is 1.09 bits per heavy atom. The second-order valence-corrected chi connectivity index (χ2v) is 15.4. The third kappa shape index (κ3) is 3.56. The highest BCUT2D eigenvalue weighted by Gasteiger charge is 2.78. The van der Waals surface area contributed by atoms with Crippen molar-refractivity contribution in [2.24, 2.45) is 45.3 Å². The third-order valence-corrected chi connectivity index (χ3v) is 13.9. The van der Waals surface area contributed by atoms with Gasteiger partial charge in [-0.25, -0.2) is 22.8 Å². The monoisotopic (exact) mass is 608 g/mol. The van der Waals surface area contributed by atoms with Gasteiger partial charge < -0.3 is 19.3 Å². The normalized spacial score (nSPS) is 49.3. The predicted molar refractivity (Wildman–Crippen MR) is 148 cm³/mol. The molecule has 1 N–H and O–H groups in total. The molecule has 2 bridgehead atoms. The summed E-state index contributed by atoms with van der Waals surface area (Å²) in [6, 6.07) is 0. The highest BCUT2D eigenvalue weighted by molar-refractivity contribution is 5.93. The van der Waals surface area contributed by atoms with Crippen molar-refractivity contribution in [2.45, 2.75) is 110 Å². The summed E-state index contributed by atoms with van der Waals surface area (Å²) in [5, 5.41) is 11.7. The fraction of sp³-hybridized carbons (Fsp3) is 0.788. The average molecular weight is 609 g/mol. The van der Waals surface area contributed by atoms with Gasteiger partial charge in [0.15, 0.2) is 11.5 Å². The minimum atomic E-state index is -2.37. The van der Waals surface area contributed by atoms with Crippen LogP contribution in [0.1, 0.15) is 86.5 Å². The molecule has 0 unspecified atom stereocenters. The molecule has 0 saturated heterocycles. The Morgan fingerprint density at radius 3 is 2.40 bits per heavy atom.